The van der Waals surface area contributed by atoms with Crippen LogP contribution in [0.3, 0.4) is 0 Å². The molecule has 0 spiro atoms. The Kier molecular flexibility index (Phi) is 7.56. The Morgan fingerprint density at radius 2 is 2.04 bits per heavy atom. The fourth-order valence-electron chi connectivity index (χ4n) is 2.18. The lowest BCUT2D eigenvalue weighted by Crippen LogP contribution is -2.42. The SMILES string of the molecule is CCCC(CNC(=O)OC(C)(C)C)NCc1ccccc1C#N. The van der Waals surface area contributed by atoms with Crippen molar-refractivity contribution < 1.29 is 9.53 Å². The van der Waals surface area contributed by atoms with Gasteiger partial charge in [0.2, 0.25) is 0 Å². The van der Waals surface area contributed by atoms with Crippen LogP contribution in [0.2, 0.25) is 0 Å². The van der Waals surface area contributed by atoms with E-state index in [2.05, 4.69) is 23.6 Å². The zero-order valence-electron chi connectivity index (χ0n) is 14.5. The molecule has 23 heavy (non-hydrogen) atoms. The normalized spacial score (nSPS) is 12.3. The summed E-state index contributed by atoms with van der Waals surface area (Å²) in [6.45, 7) is 8.72. The molecule has 0 aliphatic rings. The van der Waals surface area contributed by atoms with Crippen LogP contribution >= 0.6 is 0 Å². The molecule has 5 nitrogen and oxygen atoms in total. The minimum Gasteiger partial charge on any atom is -0.444 e. The number of hydrogen-bond acceptors (Lipinski definition) is 4. The molecule has 1 aromatic rings. The summed E-state index contributed by atoms with van der Waals surface area (Å²) in [5, 5.41) is 15.3. The molecule has 0 fully saturated rings. The number of amides is 1. The highest BCUT2D eigenvalue weighted by Gasteiger charge is 2.17. The molecule has 1 amide bonds. The second-order valence-corrected chi connectivity index (χ2v) is 6.52. The largest absolute Gasteiger partial charge is 0.444 e. The first-order valence-electron chi connectivity index (χ1n) is 8.04. The van der Waals surface area contributed by atoms with Crippen molar-refractivity contribution in [2.75, 3.05) is 6.54 Å². The van der Waals surface area contributed by atoms with Crippen molar-refractivity contribution in [3.05, 3.63) is 35.4 Å². The van der Waals surface area contributed by atoms with Gasteiger partial charge in [-0.05, 0) is 38.8 Å². The summed E-state index contributed by atoms with van der Waals surface area (Å²) in [6.07, 6.45) is 1.54. The Morgan fingerprint density at radius 3 is 2.65 bits per heavy atom. The highest BCUT2D eigenvalue weighted by Crippen LogP contribution is 2.09. The highest BCUT2D eigenvalue weighted by atomic mass is 16.6. The molecule has 0 aliphatic carbocycles. The topological polar surface area (TPSA) is 74.2 Å². The minimum atomic E-state index is -0.497. The van der Waals surface area contributed by atoms with Gasteiger partial charge >= 0.3 is 6.09 Å². The van der Waals surface area contributed by atoms with Gasteiger partial charge in [-0.15, -0.1) is 0 Å². The lowest BCUT2D eigenvalue weighted by Gasteiger charge is -2.22. The Hall–Kier alpha value is -2.06. The van der Waals surface area contributed by atoms with Crippen LogP contribution in [-0.2, 0) is 11.3 Å². The molecule has 0 saturated heterocycles. The first kappa shape index (κ1) is 19.0. The van der Waals surface area contributed by atoms with E-state index in [9.17, 15) is 4.79 Å². The molecule has 0 radical (unpaired) electrons. The number of benzene rings is 1. The van der Waals surface area contributed by atoms with Crippen LogP contribution in [0.5, 0.6) is 0 Å². The fraction of sp³-hybridized carbons (Fsp3) is 0.556. The summed E-state index contributed by atoms with van der Waals surface area (Å²) < 4.78 is 5.24. The van der Waals surface area contributed by atoms with Crippen molar-refractivity contribution >= 4 is 6.09 Å². The summed E-state index contributed by atoms with van der Waals surface area (Å²) in [5.41, 5.74) is 1.15. The summed E-state index contributed by atoms with van der Waals surface area (Å²) in [6, 6.07) is 9.87. The number of alkyl carbamates (subject to hydrolysis) is 1. The Bertz CT molecular complexity index is 544. The van der Waals surface area contributed by atoms with Gasteiger partial charge in [-0.1, -0.05) is 31.5 Å². The Balaban J connectivity index is 2.52. The molecule has 5 heteroatoms. The number of nitrogens with zero attached hydrogens (tertiary/aromatic N) is 1. The lowest BCUT2D eigenvalue weighted by molar-refractivity contribution is 0.0521. The molecule has 1 unspecified atom stereocenters. The van der Waals surface area contributed by atoms with Crippen molar-refractivity contribution in [2.45, 2.75) is 58.7 Å². The number of hydrogen-bond donors (Lipinski definition) is 2. The highest BCUT2D eigenvalue weighted by molar-refractivity contribution is 5.67. The van der Waals surface area contributed by atoms with Gasteiger partial charge in [0.1, 0.15) is 5.60 Å². The van der Waals surface area contributed by atoms with Crippen LogP contribution in [0.1, 0.15) is 51.7 Å². The van der Waals surface area contributed by atoms with Crippen LogP contribution in [0.4, 0.5) is 4.79 Å². The van der Waals surface area contributed by atoms with Gasteiger partial charge in [-0.3, -0.25) is 0 Å². The van der Waals surface area contributed by atoms with Crippen molar-refractivity contribution in [3.8, 4) is 6.07 Å². The van der Waals surface area contributed by atoms with Crippen LogP contribution in [-0.4, -0.2) is 24.3 Å². The predicted octanol–water partition coefficient (Wildman–Crippen LogP) is 3.34. The molecular weight excluding hydrogens is 290 g/mol. The number of ether oxygens (including phenoxy) is 1. The third-order valence-electron chi connectivity index (χ3n) is 3.25. The zero-order valence-corrected chi connectivity index (χ0v) is 14.5. The maximum atomic E-state index is 11.7. The molecule has 1 rings (SSSR count). The average molecular weight is 317 g/mol. The number of rotatable bonds is 7. The van der Waals surface area contributed by atoms with Crippen LogP contribution in [0.15, 0.2) is 24.3 Å². The molecule has 0 aliphatic heterocycles. The third kappa shape index (κ3) is 7.66. The molecule has 2 N–H and O–H groups in total. The number of carbonyl (C=O) groups is 1. The van der Waals surface area contributed by atoms with Gasteiger partial charge in [0.15, 0.2) is 0 Å². The Morgan fingerprint density at radius 1 is 1.35 bits per heavy atom. The van der Waals surface area contributed by atoms with E-state index in [0.29, 0.717) is 18.7 Å². The standard InChI is InChI=1S/C18H27N3O2/c1-5-8-16(13-21-17(22)23-18(2,3)4)20-12-15-10-7-6-9-14(15)11-19/h6-7,9-10,16,20H,5,8,12-13H2,1-4H3,(H,21,22). The molecule has 0 saturated carbocycles. The van der Waals surface area contributed by atoms with Crippen LogP contribution in [0.25, 0.3) is 0 Å². The van der Waals surface area contributed by atoms with Gasteiger partial charge in [-0.2, -0.15) is 5.26 Å². The summed E-state index contributed by atoms with van der Waals surface area (Å²) in [7, 11) is 0. The summed E-state index contributed by atoms with van der Waals surface area (Å²) >= 11 is 0. The molecule has 0 bridgehead atoms. The number of nitriles is 1. The van der Waals surface area contributed by atoms with E-state index in [-0.39, 0.29) is 6.04 Å². The predicted molar refractivity (Wildman–Crippen MR) is 90.9 cm³/mol. The van der Waals surface area contributed by atoms with E-state index in [1.807, 2.05) is 45.0 Å². The molecule has 0 heterocycles. The van der Waals surface area contributed by atoms with Gasteiger partial charge < -0.3 is 15.4 Å². The van der Waals surface area contributed by atoms with Gasteiger partial charge in [0, 0.05) is 19.1 Å². The zero-order chi connectivity index (χ0) is 17.3. The van der Waals surface area contributed by atoms with E-state index in [1.54, 1.807) is 0 Å². The van der Waals surface area contributed by atoms with E-state index in [4.69, 9.17) is 10.00 Å². The molecular formula is C18H27N3O2. The smallest absolute Gasteiger partial charge is 0.407 e. The minimum absolute atomic E-state index is 0.138. The maximum absolute atomic E-state index is 11.7. The quantitative estimate of drug-likeness (QED) is 0.809. The molecule has 0 aromatic heterocycles. The third-order valence-corrected chi connectivity index (χ3v) is 3.25. The summed E-state index contributed by atoms with van der Waals surface area (Å²) in [5.74, 6) is 0. The average Bonchev–Trinajstić information content (AvgIpc) is 2.48. The van der Waals surface area contributed by atoms with Gasteiger partial charge in [0.25, 0.3) is 0 Å². The first-order chi connectivity index (χ1) is 10.9. The van der Waals surface area contributed by atoms with Crippen molar-refractivity contribution in [1.29, 1.82) is 5.26 Å². The second-order valence-electron chi connectivity index (χ2n) is 6.52. The molecule has 1 atom stereocenters. The van der Waals surface area contributed by atoms with Gasteiger partial charge in [0.05, 0.1) is 11.6 Å². The van der Waals surface area contributed by atoms with E-state index in [1.165, 1.54) is 0 Å². The van der Waals surface area contributed by atoms with Gasteiger partial charge in [-0.25, -0.2) is 4.79 Å². The summed E-state index contributed by atoms with van der Waals surface area (Å²) in [4.78, 5) is 11.7. The number of carbonyl (C=O) groups excluding carboxylic acids is 1. The molecule has 126 valence electrons. The van der Waals surface area contributed by atoms with E-state index >= 15 is 0 Å². The molecule has 1 aromatic carbocycles. The van der Waals surface area contributed by atoms with E-state index < -0.39 is 11.7 Å². The van der Waals surface area contributed by atoms with E-state index in [0.717, 1.165) is 18.4 Å². The van der Waals surface area contributed by atoms with Crippen LogP contribution in [0, 0.1) is 11.3 Å². The lowest BCUT2D eigenvalue weighted by atomic mass is 10.1. The fourth-order valence-corrected chi connectivity index (χ4v) is 2.18. The van der Waals surface area contributed by atoms with Crippen molar-refractivity contribution in [1.82, 2.24) is 10.6 Å². The Labute approximate surface area is 139 Å². The maximum Gasteiger partial charge on any atom is 0.407 e. The van der Waals surface area contributed by atoms with Crippen LogP contribution < -0.4 is 10.6 Å². The first-order valence-corrected chi connectivity index (χ1v) is 8.04. The monoisotopic (exact) mass is 317 g/mol. The van der Waals surface area contributed by atoms with Crippen molar-refractivity contribution in [3.63, 3.8) is 0 Å². The van der Waals surface area contributed by atoms with Crippen molar-refractivity contribution in [2.24, 2.45) is 0 Å². The second kappa shape index (κ2) is 9.16. The number of nitrogens with one attached hydrogen (secondary N) is 2.